The molecular formula is C12H24N4O3S. The first-order valence-corrected chi connectivity index (χ1v) is 8.16. The topological polar surface area (TPSA) is 90.5 Å². The summed E-state index contributed by atoms with van der Waals surface area (Å²) in [6.07, 6.45) is 2.36. The van der Waals surface area contributed by atoms with E-state index in [1.54, 1.807) is 25.6 Å². The van der Waals surface area contributed by atoms with E-state index in [0.29, 0.717) is 19.7 Å². The van der Waals surface area contributed by atoms with Gasteiger partial charge in [-0.25, -0.2) is 8.42 Å². The molecule has 0 spiro atoms. The number of nitrogen functional groups attached to an aromatic ring is 1. The van der Waals surface area contributed by atoms with Crippen molar-refractivity contribution in [2.24, 2.45) is 0 Å². The highest BCUT2D eigenvalue weighted by atomic mass is 32.2. The summed E-state index contributed by atoms with van der Waals surface area (Å²) in [4.78, 5) is 0.0655. The molecule has 1 heterocycles. The van der Waals surface area contributed by atoms with Gasteiger partial charge in [0, 0.05) is 32.4 Å². The molecule has 0 bridgehead atoms. The van der Waals surface area contributed by atoms with Crippen molar-refractivity contribution < 1.29 is 13.2 Å². The van der Waals surface area contributed by atoms with Crippen LogP contribution in [-0.4, -0.2) is 48.8 Å². The zero-order chi connectivity index (χ0) is 15.3. The van der Waals surface area contributed by atoms with Crippen LogP contribution in [0.25, 0.3) is 0 Å². The molecule has 20 heavy (non-hydrogen) atoms. The fraction of sp³-hybridized carbons (Fsp3) is 0.750. The minimum atomic E-state index is -3.66. The first-order valence-electron chi connectivity index (χ1n) is 6.72. The largest absolute Gasteiger partial charge is 0.383 e. The monoisotopic (exact) mass is 304 g/mol. The quantitative estimate of drug-likeness (QED) is 0.771. The summed E-state index contributed by atoms with van der Waals surface area (Å²) in [6, 6.07) is -0.260. The second kappa shape index (κ2) is 7.05. The van der Waals surface area contributed by atoms with Gasteiger partial charge in [0.25, 0.3) is 0 Å². The summed E-state index contributed by atoms with van der Waals surface area (Å²) in [5, 5.41) is 4.05. The molecule has 0 saturated carbocycles. The first-order chi connectivity index (χ1) is 9.38. The van der Waals surface area contributed by atoms with Crippen molar-refractivity contribution >= 4 is 15.8 Å². The molecule has 1 aromatic heterocycles. The van der Waals surface area contributed by atoms with Gasteiger partial charge < -0.3 is 10.5 Å². The van der Waals surface area contributed by atoms with Crippen LogP contribution in [0.1, 0.15) is 27.2 Å². The maximum atomic E-state index is 12.7. The Bertz CT molecular complexity index is 527. The Labute approximate surface area is 120 Å². The zero-order valence-electron chi connectivity index (χ0n) is 12.5. The van der Waals surface area contributed by atoms with Crippen molar-refractivity contribution in [3.05, 3.63) is 6.20 Å². The number of aryl methyl sites for hydroxylation is 1. The summed E-state index contributed by atoms with van der Waals surface area (Å²) >= 11 is 0. The molecule has 2 N–H and O–H groups in total. The predicted octanol–water partition coefficient (Wildman–Crippen LogP) is 0.921. The van der Waals surface area contributed by atoms with Gasteiger partial charge in [-0.1, -0.05) is 13.8 Å². The van der Waals surface area contributed by atoms with E-state index in [2.05, 4.69) is 5.10 Å². The molecule has 0 aliphatic carbocycles. The number of methoxy groups -OCH3 is 1. The molecule has 0 aliphatic rings. The third-order valence-electron chi connectivity index (χ3n) is 3.01. The smallest absolute Gasteiger partial charge is 0.248 e. The van der Waals surface area contributed by atoms with Crippen molar-refractivity contribution in [1.29, 1.82) is 0 Å². The fourth-order valence-electron chi connectivity index (χ4n) is 2.13. The van der Waals surface area contributed by atoms with E-state index in [-0.39, 0.29) is 16.8 Å². The number of ether oxygens (including phenoxy) is 1. The lowest BCUT2D eigenvalue weighted by Crippen LogP contribution is -2.40. The van der Waals surface area contributed by atoms with Crippen LogP contribution in [0.15, 0.2) is 11.1 Å². The Morgan fingerprint density at radius 2 is 2.15 bits per heavy atom. The van der Waals surface area contributed by atoms with E-state index in [4.69, 9.17) is 10.5 Å². The molecule has 0 fully saturated rings. The van der Waals surface area contributed by atoms with E-state index < -0.39 is 10.0 Å². The Morgan fingerprint density at radius 1 is 1.50 bits per heavy atom. The van der Waals surface area contributed by atoms with Crippen molar-refractivity contribution in [2.75, 3.05) is 26.0 Å². The highest BCUT2D eigenvalue weighted by Crippen LogP contribution is 2.23. The molecule has 1 atom stereocenters. The van der Waals surface area contributed by atoms with Crippen LogP contribution in [0, 0.1) is 0 Å². The van der Waals surface area contributed by atoms with Gasteiger partial charge in [0.2, 0.25) is 10.0 Å². The third kappa shape index (κ3) is 3.50. The molecule has 0 aromatic carbocycles. The van der Waals surface area contributed by atoms with Gasteiger partial charge in [-0.05, 0) is 13.3 Å². The van der Waals surface area contributed by atoms with Gasteiger partial charge in [0.05, 0.1) is 6.61 Å². The van der Waals surface area contributed by atoms with E-state index in [9.17, 15) is 8.42 Å². The van der Waals surface area contributed by atoms with Crippen LogP contribution in [0.4, 0.5) is 5.82 Å². The molecule has 1 unspecified atom stereocenters. The van der Waals surface area contributed by atoms with Gasteiger partial charge in [-0.3, -0.25) is 4.68 Å². The molecule has 0 saturated heterocycles. The molecule has 8 heteroatoms. The van der Waals surface area contributed by atoms with Crippen molar-refractivity contribution in [1.82, 2.24) is 14.1 Å². The predicted molar refractivity (Wildman–Crippen MR) is 77.8 cm³/mol. The lowest BCUT2D eigenvalue weighted by atomic mass is 10.4. The lowest BCUT2D eigenvalue weighted by molar-refractivity contribution is 0.142. The summed E-state index contributed by atoms with van der Waals surface area (Å²) < 4.78 is 33.3. The maximum absolute atomic E-state index is 12.7. The minimum absolute atomic E-state index is 0.0431. The molecule has 0 radical (unpaired) electrons. The van der Waals surface area contributed by atoms with Crippen molar-refractivity contribution in [3.63, 3.8) is 0 Å². The van der Waals surface area contributed by atoms with Gasteiger partial charge in [0.15, 0.2) is 5.82 Å². The molecule has 0 amide bonds. The number of nitrogens with zero attached hydrogens (tertiary/aromatic N) is 3. The third-order valence-corrected chi connectivity index (χ3v) is 5.11. The van der Waals surface area contributed by atoms with E-state index in [0.717, 1.165) is 6.42 Å². The van der Waals surface area contributed by atoms with E-state index in [1.165, 1.54) is 10.5 Å². The highest BCUT2D eigenvalue weighted by molar-refractivity contribution is 7.89. The maximum Gasteiger partial charge on any atom is 0.248 e. The number of hydrogen-bond acceptors (Lipinski definition) is 5. The standard InChI is InChI=1S/C12H24N4O3S/c1-5-7-15-8-11(12(13)14-15)20(17,18)16(6-2)10(3)9-19-4/h8,10H,5-7,9H2,1-4H3,(H2,13,14). The average Bonchev–Trinajstić information content (AvgIpc) is 2.72. The highest BCUT2D eigenvalue weighted by Gasteiger charge is 2.31. The van der Waals surface area contributed by atoms with Crippen LogP contribution >= 0.6 is 0 Å². The van der Waals surface area contributed by atoms with Crippen LogP contribution in [0.3, 0.4) is 0 Å². The van der Waals surface area contributed by atoms with Crippen LogP contribution in [0.5, 0.6) is 0 Å². The SMILES string of the molecule is CCCn1cc(S(=O)(=O)N(CC)C(C)COC)c(N)n1. The Morgan fingerprint density at radius 3 is 2.65 bits per heavy atom. The second-order valence-electron chi connectivity index (χ2n) is 4.65. The number of rotatable bonds is 8. The van der Waals surface area contributed by atoms with E-state index >= 15 is 0 Å². The number of hydrogen-bond donors (Lipinski definition) is 1. The number of aromatic nitrogens is 2. The van der Waals surface area contributed by atoms with Gasteiger partial charge >= 0.3 is 0 Å². The Hall–Kier alpha value is -1.12. The first kappa shape index (κ1) is 16.9. The molecule has 1 aromatic rings. The lowest BCUT2D eigenvalue weighted by Gasteiger charge is -2.26. The van der Waals surface area contributed by atoms with Crippen LogP contribution in [0.2, 0.25) is 0 Å². The summed E-state index contributed by atoms with van der Waals surface area (Å²) in [7, 11) is -2.11. The van der Waals surface area contributed by atoms with Crippen molar-refractivity contribution in [2.45, 2.75) is 44.7 Å². The molecule has 0 aliphatic heterocycles. The number of nitrogens with two attached hydrogens (primary N) is 1. The van der Waals surface area contributed by atoms with Gasteiger partial charge in [0.1, 0.15) is 4.90 Å². The second-order valence-corrected chi connectivity index (χ2v) is 6.51. The van der Waals surface area contributed by atoms with Crippen molar-refractivity contribution in [3.8, 4) is 0 Å². The zero-order valence-corrected chi connectivity index (χ0v) is 13.4. The molecule has 116 valence electrons. The normalized spacial score (nSPS) is 13.8. The van der Waals surface area contributed by atoms with Crippen LogP contribution in [-0.2, 0) is 21.3 Å². The average molecular weight is 304 g/mol. The van der Waals surface area contributed by atoms with Gasteiger partial charge in [-0.2, -0.15) is 9.40 Å². The Kier molecular flexibility index (Phi) is 5.97. The molecule has 7 nitrogen and oxygen atoms in total. The van der Waals surface area contributed by atoms with Gasteiger partial charge in [-0.15, -0.1) is 0 Å². The van der Waals surface area contributed by atoms with Crippen LogP contribution < -0.4 is 5.73 Å². The number of anilines is 1. The minimum Gasteiger partial charge on any atom is -0.383 e. The summed E-state index contributed by atoms with van der Waals surface area (Å²) in [6.45, 7) is 6.90. The molecular weight excluding hydrogens is 280 g/mol. The molecule has 1 rings (SSSR count). The summed E-state index contributed by atoms with van der Waals surface area (Å²) in [5.74, 6) is 0.0431. The van der Waals surface area contributed by atoms with E-state index in [1.807, 2.05) is 6.92 Å². The summed E-state index contributed by atoms with van der Waals surface area (Å²) in [5.41, 5.74) is 5.76. The number of sulfonamides is 1. The fourth-order valence-corrected chi connectivity index (χ4v) is 3.82. The number of likely N-dealkylation sites (N-methyl/N-ethyl adjacent to an activating group) is 1. The Balaban J connectivity index is 3.13.